The maximum absolute atomic E-state index is 13.6. The molecule has 2 aromatic rings. The van der Waals surface area contributed by atoms with Crippen molar-refractivity contribution in [2.24, 2.45) is 0 Å². The van der Waals surface area contributed by atoms with E-state index in [-0.39, 0.29) is 24.1 Å². The Bertz CT molecular complexity index is 824. The lowest BCUT2D eigenvalue weighted by Gasteiger charge is -2.26. The first-order valence-electron chi connectivity index (χ1n) is 8.99. The van der Waals surface area contributed by atoms with Crippen molar-refractivity contribution < 1.29 is 14.0 Å². The van der Waals surface area contributed by atoms with E-state index < -0.39 is 6.04 Å². The molecule has 1 atom stereocenters. The first-order valence-corrected chi connectivity index (χ1v) is 8.99. The van der Waals surface area contributed by atoms with Crippen molar-refractivity contribution in [3.05, 3.63) is 41.5 Å². The Labute approximate surface area is 156 Å². The summed E-state index contributed by atoms with van der Waals surface area (Å²) in [5.74, 6) is 0.0564. The van der Waals surface area contributed by atoms with E-state index in [2.05, 4.69) is 15.5 Å². The second-order valence-electron chi connectivity index (χ2n) is 6.71. The molecule has 1 aromatic heterocycles. The number of tetrazole rings is 1. The van der Waals surface area contributed by atoms with E-state index in [1.807, 2.05) is 0 Å². The zero-order valence-corrected chi connectivity index (χ0v) is 15.5. The summed E-state index contributed by atoms with van der Waals surface area (Å²) in [6, 6.07) is 5.53. The fourth-order valence-corrected chi connectivity index (χ4v) is 3.36. The summed E-state index contributed by atoms with van der Waals surface area (Å²) in [6.07, 6.45) is 1.00. The van der Waals surface area contributed by atoms with Crippen molar-refractivity contribution in [2.45, 2.75) is 32.7 Å². The molecule has 0 saturated carbocycles. The molecule has 2 heterocycles. The number of carbonyl (C=O) groups is 2. The van der Waals surface area contributed by atoms with Crippen LogP contribution in [0.3, 0.4) is 0 Å². The van der Waals surface area contributed by atoms with Gasteiger partial charge in [0.25, 0.3) is 0 Å². The van der Waals surface area contributed by atoms with E-state index in [4.69, 9.17) is 0 Å². The molecule has 0 N–H and O–H groups in total. The highest BCUT2D eigenvalue weighted by molar-refractivity contribution is 5.81. The summed E-state index contributed by atoms with van der Waals surface area (Å²) in [7, 11) is 0. The highest BCUT2D eigenvalue weighted by Crippen LogP contribution is 2.19. The van der Waals surface area contributed by atoms with E-state index >= 15 is 0 Å². The van der Waals surface area contributed by atoms with Gasteiger partial charge in [-0.15, -0.1) is 5.10 Å². The van der Waals surface area contributed by atoms with Crippen LogP contribution in [0.5, 0.6) is 0 Å². The molecule has 1 aliphatic heterocycles. The number of aryl methyl sites for hydroxylation is 1. The lowest BCUT2D eigenvalue weighted by atomic mass is 10.0. The minimum absolute atomic E-state index is 0.0110. The van der Waals surface area contributed by atoms with Gasteiger partial charge >= 0.3 is 0 Å². The molecule has 1 aromatic carbocycles. The van der Waals surface area contributed by atoms with E-state index in [1.165, 1.54) is 23.7 Å². The number of hydrogen-bond acceptors (Lipinski definition) is 5. The van der Waals surface area contributed by atoms with Crippen LogP contribution >= 0.6 is 0 Å². The first kappa shape index (κ1) is 18.9. The van der Waals surface area contributed by atoms with Crippen molar-refractivity contribution in [3.63, 3.8) is 0 Å². The monoisotopic (exact) mass is 374 g/mol. The van der Waals surface area contributed by atoms with Gasteiger partial charge in [-0.3, -0.25) is 9.59 Å². The first-order chi connectivity index (χ1) is 13.0. The second kappa shape index (κ2) is 8.24. The van der Waals surface area contributed by atoms with Crippen molar-refractivity contribution in [2.75, 3.05) is 26.2 Å². The Morgan fingerprint density at radius 2 is 1.93 bits per heavy atom. The van der Waals surface area contributed by atoms with E-state index in [0.29, 0.717) is 44.0 Å². The molecule has 27 heavy (non-hydrogen) atoms. The third-order valence-corrected chi connectivity index (χ3v) is 4.81. The summed E-state index contributed by atoms with van der Waals surface area (Å²) >= 11 is 0. The molecular weight excluding hydrogens is 351 g/mol. The number of nitrogens with zero attached hydrogens (tertiary/aromatic N) is 6. The second-order valence-corrected chi connectivity index (χ2v) is 6.71. The van der Waals surface area contributed by atoms with Gasteiger partial charge in [-0.2, -0.15) is 0 Å². The average Bonchev–Trinajstić information content (AvgIpc) is 2.91. The molecule has 9 heteroatoms. The molecule has 3 rings (SSSR count). The number of benzene rings is 1. The number of hydrogen-bond donors (Lipinski definition) is 0. The highest BCUT2D eigenvalue weighted by Gasteiger charge is 2.30. The molecule has 0 aliphatic carbocycles. The fourth-order valence-electron chi connectivity index (χ4n) is 3.36. The van der Waals surface area contributed by atoms with Gasteiger partial charge in [0.15, 0.2) is 0 Å². The minimum atomic E-state index is -0.661. The molecule has 2 amide bonds. The number of amides is 2. The number of rotatable bonds is 4. The molecule has 1 saturated heterocycles. The Kier molecular flexibility index (Phi) is 5.78. The van der Waals surface area contributed by atoms with Gasteiger partial charge in [0.1, 0.15) is 17.7 Å². The molecule has 0 spiro atoms. The minimum Gasteiger partial charge on any atom is -0.341 e. The van der Waals surface area contributed by atoms with Crippen LogP contribution in [0.2, 0.25) is 0 Å². The SMILES string of the molecule is CC(=O)N1CCCN(C(=O)C(Cc2cccc(F)c2)n2nnnc2C)CC1. The normalized spacial score (nSPS) is 16.1. The van der Waals surface area contributed by atoms with E-state index in [0.717, 1.165) is 0 Å². The Balaban J connectivity index is 1.83. The van der Waals surface area contributed by atoms with Crippen LogP contribution in [0.15, 0.2) is 24.3 Å². The molecule has 144 valence electrons. The lowest BCUT2D eigenvalue weighted by molar-refractivity contribution is -0.135. The number of carbonyl (C=O) groups excluding carboxylic acids is 2. The van der Waals surface area contributed by atoms with Crippen LogP contribution < -0.4 is 0 Å². The fraction of sp³-hybridized carbons (Fsp3) is 0.500. The third-order valence-electron chi connectivity index (χ3n) is 4.81. The summed E-state index contributed by atoms with van der Waals surface area (Å²) < 4.78 is 15.1. The summed E-state index contributed by atoms with van der Waals surface area (Å²) in [5.41, 5.74) is 0.698. The van der Waals surface area contributed by atoms with E-state index in [1.54, 1.807) is 28.9 Å². The largest absolute Gasteiger partial charge is 0.341 e. The zero-order chi connectivity index (χ0) is 19.4. The molecule has 1 aliphatic rings. The summed E-state index contributed by atoms with van der Waals surface area (Å²) in [6.45, 7) is 5.42. The van der Waals surface area contributed by atoms with Gasteiger partial charge in [-0.05, 0) is 41.5 Å². The number of halogens is 1. The third kappa shape index (κ3) is 4.47. The maximum Gasteiger partial charge on any atom is 0.247 e. The van der Waals surface area contributed by atoms with Gasteiger partial charge in [0, 0.05) is 39.5 Å². The van der Waals surface area contributed by atoms with Gasteiger partial charge in [-0.1, -0.05) is 12.1 Å². The Hall–Kier alpha value is -2.84. The topological polar surface area (TPSA) is 84.2 Å². The van der Waals surface area contributed by atoms with Crippen LogP contribution in [-0.2, 0) is 16.0 Å². The summed E-state index contributed by atoms with van der Waals surface area (Å²) in [5, 5.41) is 11.5. The van der Waals surface area contributed by atoms with Crippen LogP contribution in [-0.4, -0.2) is 68.0 Å². The quantitative estimate of drug-likeness (QED) is 0.797. The molecule has 0 bridgehead atoms. The van der Waals surface area contributed by atoms with Crippen LogP contribution in [0, 0.1) is 12.7 Å². The number of aromatic nitrogens is 4. The predicted molar refractivity (Wildman–Crippen MR) is 95.1 cm³/mol. The van der Waals surface area contributed by atoms with Crippen molar-refractivity contribution in [1.29, 1.82) is 0 Å². The van der Waals surface area contributed by atoms with Gasteiger partial charge in [0.2, 0.25) is 11.8 Å². The van der Waals surface area contributed by atoms with Gasteiger partial charge in [-0.25, -0.2) is 9.07 Å². The lowest BCUT2D eigenvalue weighted by Crippen LogP contribution is -2.41. The van der Waals surface area contributed by atoms with Gasteiger partial charge in [0.05, 0.1) is 0 Å². The molecular formula is C18H23FN6O2. The maximum atomic E-state index is 13.6. The average molecular weight is 374 g/mol. The predicted octanol–water partition coefficient (Wildman–Crippen LogP) is 0.985. The molecule has 8 nitrogen and oxygen atoms in total. The standard InChI is InChI=1S/C18H23FN6O2/c1-13-20-21-22-25(13)17(12-15-5-3-6-16(19)11-15)18(27)24-8-4-7-23(9-10-24)14(2)26/h3,5-6,11,17H,4,7-10,12H2,1-2H3. The summed E-state index contributed by atoms with van der Waals surface area (Å²) in [4.78, 5) is 28.4. The smallest absolute Gasteiger partial charge is 0.247 e. The molecule has 1 unspecified atom stereocenters. The van der Waals surface area contributed by atoms with Crippen LogP contribution in [0.25, 0.3) is 0 Å². The Morgan fingerprint density at radius 1 is 1.19 bits per heavy atom. The van der Waals surface area contributed by atoms with E-state index in [9.17, 15) is 14.0 Å². The van der Waals surface area contributed by atoms with Crippen LogP contribution in [0.1, 0.15) is 30.8 Å². The Morgan fingerprint density at radius 3 is 2.59 bits per heavy atom. The van der Waals surface area contributed by atoms with Gasteiger partial charge < -0.3 is 9.80 Å². The van der Waals surface area contributed by atoms with Crippen molar-refractivity contribution in [3.8, 4) is 0 Å². The highest BCUT2D eigenvalue weighted by atomic mass is 19.1. The molecule has 0 radical (unpaired) electrons. The van der Waals surface area contributed by atoms with Crippen molar-refractivity contribution in [1.82, 2.24) is 30.0 Å². The van der Waals surface area contributed by atoms with Crippen molar-refractivity contribution >= 4 is 11.8 Å². The zero-order valence-electron chi connectivity index (χ0n) is 15.5. The molecule has 1 fully saturated rings. The van der Waals surface area contributed by atoms with Crippen LogP contribution in [0.4, 0.5) is 4.39 Å².